The molecule has 1 N–H and O–H groups in total. The highest BCUT2D eigenvalue weighted by Gasteiger charge is 2.51. The third-order valence-corrected chi connectivity index (χ3v) is 7.17. The lowest BCUT2D eigenvalue weighted by molar-refractivity contribution is -0.0629. The molecule has 0 aromatic heterocycles. The smallest absolute Gasteiger partial charge is 0.253 e. The summed E-state index contributed by atoms with van der Waals surface area (Å²) in [6, 6.07) is 6.25. The van der Waals surface area contributed by atoms with E-state index < -0.39 is 0 Å². The number of nitrogens with zero attached hydrogens (tertiary/aromatic N) is 1. The van der Waals surface area contributed by atoms with Gasteiger partial charge >= 0.3 is 0 Å². The summed E-state index contributed by atoms with van der Waals surface area (Å²) in [4.78, 5) is 15.0. The Morgan fingerprint density at radius 1 is 1.08 bits per heavy atom. The molecule has 3 nitrogen and oxygen atoms in total. The summed E-state index contributed by atoms with van der Waals surface area (Å²) in [6.45, 7) is 2.80. The molecule has 4 fully saturated rings. The molecule has 0 unspecified atom stereocenters. The first-order chi connectivity index (χ1) is 11.6. The zero-order valence-corrected chi connectivity index (χ0v) is 15.9. The molecule has 1 aliphatic heterocycles. The molecule has 0 spiro atoms. The second-order valence-electron chi connectivity index (χ2n) is 9.17. The van der Waals surface area contributed by atoms with Gasteiger partial charge < -0.3 is 10.2 Å². The third kappa shape index (κ3) is 3.00. The van der Waals surface area contributed by atoms with Crippen molar-refractivity contribution >= 4 is 18.3 Å². The van der Waals surface area contributed by atoms with E-state index in [0.29, 0.717) is 5.41 Å². The zero-order chi connectivity index (χ0) is 16.3. The van der Waals surface area contributed by atoms with E-state index in [0.717, 1.165) is 43.0 Å². The van der Waals surface area contributed by atoms with Crippen LogP contribution in [-0.4, -0.2) is 24.4 Å². The lowest BCUT2D eigenvalue weighted by Crippen LogP contribution is -2.51. The van der Waals surface area contributed by atoms with E-state index in [9.17, 15) is 4.79 Å². The number of carbonyl (C=O) groups excluding carboxylic acids is 1. The second-order valence-corrected chi connectivity index (χ2v) is 9.17. The van der Waals surface area contributed by atoms with Crippen molar-refractivity contribution < 1.29 is 4.79 Å². The Kier molecular flexibility index (Phi) is 4.36. The standard InChI is InChI=1S/C21H28N2O.ClH/c1-23(20(24)17-2-3-18-11-22-12-19(18)7-17)13-21-8-14-4-15(9-21)6-16(5-14)10-21;/h2-3,7,14-16,22H,4-6,8-13H2,1H3;1H. The van der Waals surface area contributed by atoms with Crippen LogP contribution >= 0.6 is 12.4 Å². The number of amides is 1. The minimum atomic E-state index is 0. The van der Waals surface area contributed by atoms with Crippen LogP contribution in [-0.2, 0) is 13.1 Å². The van der Waals surface area contributed by atoms with Crippen LogP contribution in [0.25, 0.3) is 0 Å². The summed E-state index contributed by atoms with van der Waals surface area (Å²) >= 11 is 0. The molecule has 4 saturated carbocycles. The van der Waals surface area contributed by atoms with Crippen LogP contribution < -0.4 is 5.32 Å². The molecule has 4 aliphatic carbocycles. The van der Waals surface area contributed by atoms with Gasteiger partial charge in [-0.15, -0.1) is 12.4 Å². The maximum Gasteiger partial charge on any atom is 0.253 e. The first kappa shape index (κ1) is 17.4. The Morgan fingerprint density at radius 3 is 2.32 bits per heavy atom. The van der Waals surface area contributed by atoms with E-state index in [-0.39, 0.29) is 18.3 Å². The number of hydrogen-bond donors (Lipinski definition) is 1. The molecular formula is C21H29ClN2O. The van der Waals surface area contributed by atoms with Crippen molar-refractivity contribution in [2.24, 2.45) is 23.2 Å². The molecule has 5 aliphatic rings. The summed E-state index contributed by atoms with van der Waals surface area (Å²) in [7, 11) is 2.02. The highest BCUT2D eigenvalue weighted by atomic mass is 35.5. The van der Waals surface area contributed by atoms with Gasteiger partial charge in [-0.05, 0) is 85.0 Å². The monoisotopic (exact) mass is 360 g/mol. The molecule has 4 heteroatoms. The summed E-state index contributed by atoms with van der Waals surface area (Å²) in [6.07, 6.45) is 8.50. The van der Waals surface area contributed by atoms with E-state index in [1.807, 2.05) is 18.0 Å². The average molecular weight is 361 g/mol. The van der Waals surface area contributed by atoms with Gasteiger partial charge in [0.2, 0.25) is 0 Å². The SMILES string of the molecule is CN(CC12CC3CC(CC(C3)C1)C2)C(=O)c1ccc2c(c1)CNC2.Cl. The van der Waals surface area contributed by atoms with E-state index in [4.69, 9.17) is 0 Å². The Hall–Kier alpha value is -1.06. The van der Waals surface area contributed by atoms with Crippen LogP contribution in [0.15, 0.2) is 18.2 Å². The molecular weight excluding hydrogens is 332 g/mol. The molecule has 6 rings (SSSR count). The topological polar surface area (TPSA) is 32.3 Å². The maximum atomic E-state index is 13.0. The van der Waals surface area contributed by atoms with Gasteiger partial charge in [-0.25, -0.2) is 0 Å². The molecule has 1 amide bonds. The van der Waals surface area contributed by atoms with Gasteiger partial charge in [0, 0.05) is 32.2 Å². The van der Waals surface area contributed by atoms with Gasteiger partial charge in [-0.1, -0.05) is 6.07 Å². The molecule has 136 valence electrons. The summed E-state index contributed by atoms with van der Waals surface area (Å²) < 4.78 is 0. The normalized spacial score (nSPS) is 34.5. The lowest BCUT2D eigenvalue weighted by Gasteiger charge is -2.57. The van der Waals surface area contributed by atoms with E-state index >= 15 is 0 Å². The van der Waals surface area contributed by atoms with Crippen molar-refractivity contribution in [1.82, 2.24) is 10.2 Å². The zero-order valence-electron chi connectivity index (χ0n) is 15.1. The highest BCUT2D eigenvalue weighted by Crippen LogP contribution is 2.60. The molecule has 0 radical (unpaired) electrons. The van der Waals surface area contributed by atoms with Crippen molar-refractivity contribution in [2.45, 2.75) is 51.6 Å². The van der Waals surface area contributed by atoms with Crippen LogP contribution in [0.5, 0.6) is 0 Å². The molecule has 25 heavy (non-hydrogen) atoms. The highest BCUT2D eigenvalue weighted by molar-refractivity contribution is 5.94. The quantitative estimate of drug-likeness (QED) is 0.883. The van der Waals surface area contributed by atoms with Crippen molar-refractivity contribution in [2.75, 3.05) is 13.6 Å². The molecule has 1 aromatic carbocycles. The van der Waals surface area contributed by atoms with Crippen LogP contribution in [0.3, 0.4) is 0 Å². The van der Waals surface area contributed by atoms with Crippen LogP contribution in [0, 0.1) is 23.2 Å². The third-order valence-electron chi connectivity index (χ3n) is 7.17. The van der Waals surface area contributed by atoms with Gasteiger partial charge in [0.15, 0.2) is 0 Å². The predicted octanol–water partition coefficient (Wildman–Crippen LogP) is 4.00. The lowest BCUT2D eigenvalue weighted by atomic mass is 9.49. The first-order valence-electron chi connectivity index (χ1n) is 9.68. The Balaban J connectivity index is 0.00000157. The first-order valence-corrected chi connectivity index (χ1v) is 9.68. The number of nitrogens with one attached hydrogen (secondary N) is 1. The minimum Gasteiger partial charge on any atom is -0.341 e. The number of benzene rings is 1. The van der Waals surface area contributed by atoms with Gasteiger partial charge in [0.1, 0.15) is 0 Å². The molecule has 1 aromatic rings. The van der Waals surface area contributed by atoms with Crippen LogP contribution in [0.4, 0.5) is 0 Å². The maximum absolute atomic E-state index is 13.0. The molecule has 1 heterocycles. The van der Waals surface area contributed by atoms with Crippen LogP contribution in [0.2, 0.25) is 0 Å². The Morgan fingerprint density at radius 2 is 1.68 bits per heavy atom. The molecule has 0 atom stereocenters. The second kappa shape index (κ2) is 6.28. The molecule has 0 saturated heterocycles. The Labute approximate surface area is 157 Å². The number of rotatable bonds is 3. The number of fused-ring (bicyclic) bond motifs is 1. The fraction of sp³-hybridized carbons (Fsp3) is 0.667. The number of carbonyl (C=O) groups is 1. The van der Waals surface area contributed by atoms with Crippen molar-refractivity contribution in [3.63, 3.8) is 0 Å². The summed E-state index contributed by atoms with van der Waals surface area (Å²) in [5.74, 6) is 3.06. The van der Waals surface area contributed by atoms with E-state index in [1.165, 1.54) is 49.7 Å². The minimum absolute atomic E-state index is 0. The summed E-state index contributed by atoms with van der Waals surface area (Å²) in [5.41, 5.74) is 3.93. The van der Waals surface area contributed by atoms with Gasteiger partial charge in [-0.2, -0.15) is 0 Å². The largest absolute Gasteiger partial charge is 0.341 e. The van der Waals surface area contributed by atoms with Gasteiger partial charge in [-0.3, -0.25) is 4.79 Å². The van der Waals surface area contributed by atoms with Crippen LogP contribution in [0.1, 0.15) is 60.0 Å². The molecule has 4 bridgehead atoms. The predicted molar refractivity (Wildman–Crippen MR) is 102 cm³/mol. The van der Waals surface area contributed by atoms with E-state index in [2.05, 4.69) is 17.4 Å². The van der Waals surface area contributed by atoms with E-state index in [1.54, 1.807) is 0 Å². The van der Waals surface area contributed by atoms with Crippen molar-refractivity contribution in [3.05, 3.63) is 34.9 Å². The number of hydrogen-bond acceptors (Lipinski definition) is 2. The Bertz CT molecular complexity index is 651. The van der Waals surface area contributed by atoms with Crippen molar-refractivity contribution in [3.8, 4) is 0 Å². The average Bonchev–Trinajstić information content (AvgIpc) is 2.99. The fourth-order valence-corrected chi connectivity index (χ4v) is 6.71. The van der Waals surface area contributed by atoms with Gasteiger partial charge in [0.25, 0.3) is 5.91 Å². The van der Waals surface area contributed by atoms with Crippen molar-refractivity contribution in [1.29, 1.82) is 0 Å². The van der Waals surface area contributed by atoms with Gasteiger partial charge in [0.05, 0.1) is 0 Å². The summed E-state index contributed by atoms with van der Waals surface area (Å²) in [5, 5.41) is 3.36. The fourth-order valence-electron chi connectivity index (χ4n) is 6.71. The number of halogens is 1.